The second-order valence-corrected chi connectivity index (χ2v) is 6.40. The summed E-state index contributed by atoms with van der Waals surface area (Å²) >= 11 is 6.07. The maximum Gasteiger partial charge on any atom is 0.286 e. The number of ether oxygens (including phenoxy) is 3. The predicted molar refractivity (Wildman–Crippen MR) is 105 cm³/mol. The number of nitro benzene ring substituents is 1. The van der Waals surface area contributed by atoms with Gasteiger partial charge in [0.15, 0.2) is 11.5 Å². The SMILES string of the molecule is O=C(Nc1ccc(Oc2ccccc2Cl)cc1)c1cc2c(cc1[N+](=O)[O-])OCO2. The Labute approximate surface area is 169 Å². The van der Waals surface area contributed by atoms with E-state index in [9.17, 15) is 14.9 Å². The van der Waals surface area contributed by atoms with E-state index in [4.69, 9.17) is 25.8 Å². The summed E-state index contributed by atoms with van der Waals surface area (Å²) in [4.78, 5) is 23.3. The molecule has 8 nitrogen and oxygen atoms in total. The summed E-state index contributed by atoms with van der Waals surface area (Å²) in [6.45, 7) is -0.0511. The molecule has 1 heterocycles. The van der Waals surface area contributed by atoms with Crippen LogP contribution in [-0.2, 0) is 0 Å². The van der Waals surface area contributed by atoms with E-state index >= 15 is 0 Å². The Bertz CT molecular complexity index is 1100. The van der Waals surface area contributed by atoms with Gasteiger partial charge >= 0.3 is 0 Å². The van der Waals surface area contributed by atoms with Crippen molar-refractivity contribution in [2.75, 3.05) is 12.1 Å². The number of fused-ring (bicyclic) bond motifs is 1. The van der Waals surface area contributed by atoms with Crippen molar-refractivity contribution in [2.45, 2.75) is 0 Å². The monoisotopic (exact) mass is 412 g/mol. The van der Waals surface area contributed by atoms with E-state index in [2.05, 4.69) is 5.32 Å². The second kappa shape index (κ2) is 7.69. The lowest BCUT2D eigenvalue weighted by atomic mass is 10.1. The Kier molecular flexibility index (Phi) is 4.92. The van der Waals surface area contributed by atoms with Crippen LogP contribution < -0.4 is 19.5 Å². The van der Waals surface area contributed by atoms with Gasteiger partial charge in [0.2, 0.25) is 6.79 Å². The summed E-state index contributed by atoms with van der Waals surface area (Å²) in [5.74, 6) is 0.889. The van der Waals surface area contributed by atoms with Crippen molar-refractivity contribution in [1.29, 1.82) is 0 Å². The number of nitrogens with one attached hydrogen (secondary N) is 1. The Morgan fingerprint density at radius 2 is 1.76 bits per heavy atom. The van der Waals surface area contributed by atoms with Gasteiger partial charge in [0.05, 0.1) is 16.0 Å². The minimum absolute atomic E-state index is 0.0511. The van der Waals surface area contributed by atoms with Crippen LogP contribution in [0.2, 0.25) is 5.02 Å². The summed E-state index contributed by atoms with van der Waals surface area (Å²) < 4.78 is 16.0. The smallest absolute Gasteiger partial charge is 0.286 e. The van der Waals surface area contributed by atoms with Gasteiger partial charge in [-0.25, -0.2) is 0 Å². The number of halogens is 1. The number of hydrogen-bond acceptors (Lipinski definition) is 6. The molecular formula is C20H13ClN2O6. The molecule has 0 radical (unpaired) electrons. The Morgan fingerprint density at radius 3 is 2.45 bits per heavy atom. The molecule has 29 heavy (non-hydrogen) atoms. The number of nitro groups is 1. The molecule has 146 valence electrons. The van der Waals surface area contributed by atoms with Crippen molar-refractivity contribution < 1.29 is 23.9 Å². The molecule has 1 N–H and O–H groups in total. The van der Waals surface area contributed by atoms with Gasteiger partial charge in [0, 0.05) is 11.8 Å². The van der Waals surface area contributed by atoms with Gasteiger partial charge in [-0.15, -0.1) is 0 Å². The van der Waals surface area contributed by atoms with Gasteiger partial charge in [0.25, 0.3) is 11.6 Å². The first-order valence-corrected chi connectivity index (χ1v) is 8.81. The fourth-order valence-corrected chi connectivity index (χ4v) is 2.90. The molecule has 1 amide bonds. The quantitative estimate of drug-likeness (QED) is 0.466. The molecule has 4 rings (SSSR count). The average Bonchev–Trinajstić information content (AvgIpc) is 3.17. The minimum atomic E-state index is -0.644. The minimum Gasteiger partial charge on any atom is -0.456 e. The molecule has 0 atom stereocenters. The predicted octanol–water partition coefficient (Wildman–Crippen LogP) is 5.02. The van der Waals surface area contributed by atoms with Crippen molar-refractivity contribution in [3.63, 3.8) is 0 Å². The fourth-order valence-electron chi connectivity index (χ4n) is 2.72. The van der Waals surface area contributed by atoms with Crippen LogP contribution in [0.4, 0.5) is 11.4 Å². The van der Waals surface area contributed by atoms with E-state index in [0.717, 1.165) is 0 Å². The van der Waals surface area contributed by atoms with Crippen molar-refractivity contribution in [3.8, 4) is 23.0 Å². The molecular weight excluding hydrogens is 400 g/mol. The van der Waals surface area contributed by atoms with E-state index in [1.807, 2.05) is 0 Å². The van der Waals surface area contributed by atoms with Crippen LogP contribution in [0.1, 0.15) is 10.4 Å². The average molecular weight is 413 g/mol. The van der Waals surface area contributed by atoms with Crippen LogP contribution >= 0.6 is 11.6 Å². The molecule has 0 saturated carbocycles. The van der Waals surface area contributed by atoms with E-state index in [1.165, 1.54) is 12.1 Å². The van der Waals surface area contributed by atoms with Gasteiger partial charge in [-0.2, -0.15) is 0 Å². The molecule has 9 heteroatoms. The molecule has 0 fully saturated rings. The third-order valence-electron chi connectivity index (χ3n) is 4.11. The summed E-state index contributed by atoms with van der Waals surface area (Å²) in [5.41, 5.74) is -0.0606. The number of anilines is 1. The molecule has 0 aliphatic carbocycles. The van der Waals surface area contributed by atoms with Gasteiger partial charge < -0.3 is 19.5 Å². The molecule has 0 saturated heterocycles. The first kappa shape index (κ1) is 18.6. The van der Waals surface area contributed by atoms with Crippen molar-refractivity contribution in [3.05, 3.63) is 81.4 Å². The van der Waals surface area contributed by atoms with Crippen molar-refractivity contribution in [2.24, 2.45) is 0 Å². The third kappa shape index (κ3) is 3.92. The topological polar surface area (TPSA) is 99.9 Å². The van der Waals surface area contributed by atoms with Crippen LogP contribution in [-0.4, -0.2) is 17.6 Å². The Morgan fingerprint density at radius 1 is 1.07 bits per heavy atom. The number of nitrogens with zero attached hydrogens (tertiary/aromatic N) is 1. The number of benzene rings is 3. The van der Waals surface area contributed by atoms with Gasteiger partial charge in [-0.1, -0.05) is 23.7 Å². The highest BCUT2D eigenvalue weighted by Gasteiger charge is 2.27. The molecule has 1 aliphatic heterocycles. The molecule has 0 spiro atoms. The van der Waals surface area contributed by atoms with Gasteiger partial charge in [0.1, 0.15) is 17.1 Å². The van der Waals surface area contributed by atoms with E-state index in [-0.39, 0.29) is 29.5 Å². The van der Waals surface area contributed by atoms with E-state index in [1.54, 1.807) is 48.5 Å². The molecule has 0 aromatic heterocycles. The lowest BCUT2D eigenvalue weighted by Gasteiger charge is -2.09. The number of amides is 1. The zero-order valence-electron chi connectivity index (χ0n) is 14.8. The molecule has 0 bridgehead atoms. The summed E-state index contributed by atoms with van der Waals surface area (Å²) in [7, 11) is 0. The van der Waals surface area contributed by atoms with E-state index < -0.39 is 10.8 Å². The summed E-state index contributed by atoms with van der Waals surface area (Å²) in [6.07, 6.45) is 0. The maximum atomic E-state index is 12.6. The number of carbonyl (C=O) groups is 1. The summed E-state index contributed by atoms with van der Waals surface area (Å²) in [5, 5.41) is 14.4. The third-order valence-corrected chi connectivity index (χ3v) is 4.42. The lowest BCUT2D eigenvalue weighted by Crippen LogP contribution is -2.14. The first-order valence-electron chi connectivity index (χ1n) is 8.43. The second-order valence-electron chi connectivity index (χ2n) is 5.99. The first-order chi connectivity index (χ1) is 14.0. The number of para-hydroxylation sites is 1. The van der Waals surface area contributed by atoms with Crippen molar-refractivity contribution in [1.82, 2.24) is 0 Å². The normalized spacial score (nSPS) is 11.8. The summed E-state index contributed by atoms with van der Waals surface area (Å²) in [6, 6.07) is 16.0. The van der Waals surface area contributed by atoms with Gasteiger partial charge in [-0.3, -0.25) is 14.9 Å². The zero-order chi connectivity index (χ0) is 20.4. The van der Waals surface area contributed by atoms with Crippen LogP contribution in [0.3, 0.4) is 0 Å². The highest BCUT2D eigenvalue weighted by Crippen LogP contribution is 2.38. The highest BCUT2D eigenvalue weighted by atomic mass is 35.5. The molecule has 1 aliphatic rings. The van der Waals surface area contributed by atoms with Gasteiger partial charge in [-0.05, 0) is 36.4 Å². The maximum absolute atomic E-state index is 12.6. The molecule has 3 aromatic rings. The highest BCUT2D eigenvalue weighted by molar-refractivity contribution is 6.32. The van der Waals surface area contributed by atoms with Crippen LogP contribution in [0.15, 0.2) is 60.7 Å². The fraction of sp³-hybridized carbons (Fsp3) is 0.0500. The lowest BCUT2D eigenvalue weighted by molar-refractivity contribution is -0.385. The zero-order valence-corrected chi connectivity index (χ0v) is 15.5. The Balaban J connectivity index is 1.52. The number of hydrogen-bond donors (Lipinski definition) is 1. The Hall–Kier alpha value is -3.78. The largest absolute Gasteiger partial charge is 0.456 e. The van der Waals surface area contributed by atoms with Crippen LogP contribution in [0, 0.1) is 10.1 Å². The standard InChI is InChI=1S/C20H13ClN2O6/c21-15-3-1-2-4-17(15)29-13-7-5-12(6-8-13)22-20(24)14-9-18-19(28-11-27-18)10-16(14)23(25)26/h1-10H,11H2,(H,22,24). The van der Waals surface area contributed by atoms with Crippen LogP contribution in [0.5, 0.6) is 23.0 Å². The molecule has 3 aromatic carbocycles. The van der Waals surface area contributed by atoms with E-state index in [0.29, 0.717) is 22.2 Å². The number of rotatable bonds is 5. The van der Waals surface area contributed by atoms with Crippen molar-refractivity contribution >= 4 is 28.9 Å². The number of carbonyl (C=O) groups excluding carboxylic acids is 1. The molecule has 0 unspecified atom stereocenters. The van der Waals surface area contributed by atoms with Crippen LogP contribution in [0.25, 0.3) is 0 Å².